The van der Waals surface area contributed by atoms with Crippen molar-refractivity contribution in [3.05, 3.63) is 65.5 Å². The second-order valence-electron chi connectivity index (χ2n) is 4.28. The fourth-order valence-electron chi connectivity index (χ4n) is 1.64. The molecule has 0 aliphatic carbocycles. The van der Waals surface area contributed by atoms with Gasteiger partial charge in [-0.1, -0.05) is 12.1 Å². The van der Waals surface area contributed by atoms with Crippen molar-refractivity contribution in [2.24, 2.45) is 0 Å². The van der Waals surface area contributed by atoms with Crippen molar-refractivity contribution in [3.8, 4) is 0 Å². The third kappa shape index (κ3) is 3.87. The molecular weight excluding hydrogens is 297 g/mol. The summed E-state index contributed by atoms with van der Waals surface area (Å²) < 4.78 is 39.1. The largest absolute Gasteiger partial charge is 0.478 e. The van der Waals surface area contributed by atoms with E-state index in [-0.39, 0.29) is 17.0 Å². The van der Waals surface area contributed by atoms with E-state index in [0.717, 1.165) is 0 Å². The third-order valence-corrected chi connectivity index (χ3v) is 4.21. The summed E-state index contributed by atoms with van der Waals surface area (Å²) >= 11 is 0. The van der Waals surface area contributed by atoms with Gasteiger partial charge in [0.25, 0.3) is 0 Å². The van der Waals surface area contributed by atoms with Gasteiger partial charge < -0.3 is 5.11 Å². The SMILES string of the molecule is O=C(O)c1ccc(S(=O)(=O)NCc2ccc(F)cc2)cc1. The third-order valence-electron chi connectivity index (χ3n) is 2.79. The first-order valence-electron chi connectivity index (χ1n) is 5.96. The molecule has 0 radical (unpaired) electrons. The van der Waals surface area contributed by atoms with Gasteiger partial charge in [-0.15, -0.1) is 0 Å². The molecule has 0 unspecified atom stereocenters. The maximum Gasteiger partial charge on any atom is 0.335 e. The summed E-state index contributed by atoms with van der Waals surface area (Å²) in [4.78, 5) is 10.7. The Bertz CT molecular complexity index is 740. The highest BCUT2D eigenvalue weighted by Gasteiger charge is 2.14. The summed E-state index contributed by atoms with van der Waals surface area (Å²) in [6, 6.07) is 10.3. The van der Waals surface area contributed by atoms with Crippen molar-refractivity contribution >= 4 is 16.0 Å². The molecule has 5 nitrogen and oxygen atoms in total. The number of nitrogens with one attached hydrogen (secondary N) is 1. The predicted molar refractivity (Wildman–Crippen MR) is 73.8 cm³/mol. The van der Waals surface area contributed by atoms with Gasteiger partial charge in [0, 0.05) is 6.54 Å². The van der Waals surface area contributed by atoms with Gasteiger partial charge in [0.2, 0.25) is 10.0 Å². The normalized spacial score (nSPS) is 11.3. The molecule has 0 heterocycles. The second kappa shape index (κ2) is 6.02. The topological polar surface area (TPSA) is 83.5 Å². The highest BCUT2D eigenvalue weighted by molar-refractivity contribution is 7.89. The molecule has 7 heteroatoms. The van der Waals surface area contributed by atoms with E-state index in [2.05, 4.69) is 4.72 Å². The summed E-state index contributed by atoms with van der Waals surface area (Å²) in [5.74, 6) is -1.52. The number of hydrogen-bond donors (Lipinski definition) is 2. The first-order chi connectivity index (χ1) is 9.88. The van der Waals surface area contributed by atoms with Crippen LogP contribution in [0.25, 0.3) is 0 Å². The summed E-state index contributed by atoms with van der Waals surface area (Å²) in [6.45, 7) is 0.0172. The van der Waals surface area contributed by atoms with Gasteiger partial charge in [-0.05, 0) is 42.0 Å². The number of carboxylic acids is 1. The zero-order valence-electron chi connectivity index (χ0n) is 10.8. The molecule has 2 aromatic rings. The number of halogens is 1. The zero-order chi connectivity index (χ0) is 15.5. The maximum atomic E-state index is 12.7. The van der Waals surface area contributed by atoms with Gasteiger partial charge in [-0.2, -0.15) is 0 Å². The van der Waals surface area contributed by atoms with E-state index in [1.807, 2.05) is 0 Å². The fourth-order valence-corrected chi connectivity index (χ4v) is 2.66. The number of aromatic carboxylic acids is 1. The zero-order valence-corrected chi connectivity index (χ0v) is 11.6. The molecule has 0 aromatic heterocycles. The average molecular weight is 309 g/mol. The molecule has 2 N–H and O–H groups in total. The first kappa shape index (κ1) is 15.1. The molecule has 0 aliphatic heterocycles. The smallest absolute Gasteiger partial charge is 0.335 e. The molecule has 0 saturated heterocycles. The quantitative estimate of drug-likeness (QED) is 0.885. The summed E-state index contributed by atoms with van der Waals surface area (Å²) in [7, 11) is -3.75. The molecule has 0 bridgehead atoms. The van der Waals surface area contributed by atoms with Crippen molar-refractivity contribution in [3.63, 3.8) is 0 Å². The van der Waals surface area contributed by atoms with Gasteiger partial charge >= 0.3 is 5.97 Å². The van der Waals surface area contributed by atoms with Crippen LogP contribution in [-0.4, -0.2) is 19.5 Å². The molecule has 0 saturated carbocycles. The number of benzene rings is 2. The van der Waals surface area contributed by atoms with Crippen molar-refractivity contribution in [2.75, 3.05) is 0 Å². The highest BCUT2D eigenvalue weighted by Crippen LogP contribution is 2.11. The predicted octanol–water partition coefficient (Wildman–Crippen LogP) is 2.00. The standard InChI is InChI=1S/C14H12FNO4S/c15-12-5-1-10(2-6-12)9-16-21(19,20)13-7-3-11(4-8-13)14(17)18/h1-8,16H,9H2,(H,17,18). The van der Waals surface area contributed by atoms with Crippen LogP contribution < -0.4 is 4.72 Å². The molecule has 2 aromatic carbocycles. The van der Waals surface area contributed by atoms with Crippen LogP contribution in [0.4, 0.5) is 4.39 Å². The number of sulfonamides is 1. The Morgan fingerprint density at radius 3 is 2.14 bits per heavy atom. The Kier molecular flexibility index (Phi) is 4.35. The van der Waals surface area contributed by atoms with E-state index in [0.29, 0.717) is 5.56 Å². The Hall–Kier alpha value is -2.25. The van der Waals surface area contributed by atoms with Crippen LogP contribution >= 0.6 is 0 Å². The lowest BCUT2D eigenvalue weighted by Crippen LogP contribution is -2.23. The van der Waals surface area contributed by atoms with Gasteiger partial charge in [0.15, 0.2) is 0 Å². The molecule has 0 atom stereocenters. The molecule has 0 amide bonds. The van der Waals surface area contributed by atoms with Crippen molar-refractivity contribution in [2.45, 2.75) is 11.4 Å². The minimum atomic E-state index is -3.75. The van der Waals surface area contributed by atoms with Crippen LogP contribution in [0.3, 0.4) is 0 Å². The van der Waals surface area contributed by atoms with Crippen LogP contribution in [-0.2, 0) is 16.6 Å². The lowest BCUT2D eigenvalue weighted by Gasteiger charge is -2.07. The molecule has 0 spiro atoms. The van der Waals surface area contributed by atoms with E-state index in [9.17, 15) is 17.6 Å². The lowest BCUT2D eigenvalue weighted by molar-refractivity contribution is 0.0696. The Balaban J connectivity index is 2.11. The monoisotopic (exact) mass is 309 g/mol. The summed E-state index contributed by atoms with van der Waals surface area (Å²) in [6.07, 6.45) is 0. The van der Waals surface area contributed by atoms with Gasteiger partial charge in [-0.25, -0.2) is 22.3 Å². The maximum absolute atomic E-state index is 12.7. The van der Waals surface area contributed by atoms with E-state index in [1.165, 1.54) is 48.5 Å². The van der Waals surface area contributed by atoms with Crippen molar-refractivity contribution in [1.82, 2.24) is 4.72 Å². The lowest BCUT2D eigenvalue weighted by atomic mass is 10.2. The summed E-state index contributed by atoms with van der Waals surface area (Å²) in [5.41, 5.74) is 0.620. The second-order valence-corrected chi connectivity index (χ2v) is 6.05. The van der Waals surface area contributed by atoms with Gasteiger partial charge in [0.1, 0.15) is 5.82 Å². The first-order valence-corrected chi connectivity index (χ1v) is 7.44. The number of carbonyl (C=O) groups is 1. The van der Waals surface area contributed by atoms with E-state index in [4.69, 9.17) is 5.11 Å². The minimum absolute atomic E-state index is 0.00693. The Labute approximate surface area is 121 Å². The number of carboxylic acid groups (broad SMARTS) is 1. The number of hydrogen-bond acceptors (Lipinski definition) is 3. The van der Waals surface area contributed by atoms with E-state index in [1.54, 1.807) is 0 Å². The van der Waals surface area contributed by atoms with Crippen LogP contribution in [0.5, 0.6) is 0 Å². The minimum Gasteiger partial charge on any atom is -0.478 e. The van der Waals surface area contributed by atoms with Crippen LogP contribution in [0.15, 0.2) is 53.4 Å². The molecule has 21 heavy (non-hydrogen) atoms. The van der Waals surface area contributed by atoms with E-state index >= 15 is 0 Å². The number of rotatable bonds is 5. The molecule has 0 fully saturated rings. The van der Waals surface area contributed by atoms with Gasteiger partial charge in [0.05, 0.1) is 10.5 Å². The van der Waals surface area contributed by atoms with Crippen molar-refractivity contribution < 1.29 is 22.7 Å². The van der Waals surface area contributed by atoms with Crippen LogP contribution in [0.2, 0.25) is 0 Å². The molecule has 2 rings (SSSR count). The molecular formula is C14H12FNO4S. The van der Waals surface area contributed by atoms with Gasteiger partial charge in [-0.3, -0.25) is 0 Å². The van der Waals surface area contributed by atoms with Crippen LogP contribution in [0.1, 0.15) is 15.9 Å². The summed E-state index contributed by atoms with van der Waals surface area (Å²) in [5, 5.41) is 8.76. The van der Waals surface area contributed by atoms with Crippen LogP contribution in [0, 0.1) is 5.82 Å². The Morgan fingerprint density at radius 2 is 1.62 bits per heavy atom. The molecule has 0 aliphatic rings. The highest BCUT2D eigenvalue weighted by atomic mass is 32.2. The average Bonchev–Trinajstić information content (AvgIpc) is 2.47. The van der Waals surface area contributed by atoms with Crippen molar-refractivity contribution in [1.29, 1.82) is 0 Å². The Morgan fingerprint density at radius 1 is 1.05 bits per heavy atom. The fraction of sp³-hybridized carbons (Fsp3) is 0.0714. The molecule has 110 valence electrons. The van der Waals surface area contributed by atoms with E-state index < -0.39 is 21.8 Å².